The molecular weight excluding hydrogens is 464 g/mol. The molecule has 0 aliphatic heterocycles. The smallest absolute Gasteiger partial charge is 0.257 e. The molecular formula is C31H50N2O4. The topological polar surface area (TPSA) is 70.1 Å². The first-order valence-electron chi connectivity index (χ1n) is 12.8. The monoisotopic (exact) mass is 514 g/mol. The predicted octanol–water partition coefficient (Wildman–Crippen LogP) is 6.84. The molecule has 2 amide bonds. The summed E-state index contributed by atoms with van der Waals surface area (Å²) >= 11 is 0. The molecule has 6 nitrogen and oxygen atoms in total. The molecule has 0 aromatic heterocycles. The second kappa shape index (κ2) is 19.9. The molecule has 0 heterocycles. The highest BCUT2D eigenvalue weighted by atomic mass is 16.5. The van der Waals surface area contributed by atoms with Crippen molar-refractivity contribution in [3.8, 4) is 5.75 Å². The molecule has 208 valence electrons. The number of nitrogens with zero attached hydrogens (tertiary/aromatic N) is 2. The molecule has 0 aliphatic carbocycles. The zero-order valence-corrected chi connectivity index (χ0v) is 23.4. The van der Waals surface area contributed by atoms with E-state index in [-0.39, 0.29) is 25.0 Å². The average Bonchev–Trinajstić information content (AvgIpc) is 2.86. The molecule has 0 fully saturated rings. The molecule has 0 unspecified atom stereocenters. The lowest BCUT2D eigenvalue weighted by Gasteiger charge is -2.20. The molecule has 1 aromatic carbocycles. The van der Waals surface area contributed by atoms with Crippen molar-refractivity contribution >= 4 is 11.8 Å². The van der Waals surface area contributed by atoms with Crippen LogP contribution in [0.1, 0.15) is 76.9 Å². The number of hydrogen-bond donors (Lipinski definition) is 1. The van der Waals surface area contributed by atoms with E-state index in [0.717, 1.165) is 23.1 Å². The quantitative estimate of drug-likeness (QED) is 0.135. The minimum absolute atomic E-state index is 0. The van der Waals surface area contributed by atoms with Gasteiger partial charge in [0.2, 0.25) is 5.91 Å². The Morgan fingerprint density at radius 1 is 0.973 bits per heavy atom. The van der Waals surface area contributed by atoms with Crippen molar-refractivity contribution in [2.45, 2.75) is 68.7 Å². The van der Waals surface area contributed by atoms with Crippen molar-refractivity contribution in [3.05, 3.63) is 77.6 Å². The first-order valence-corrected chi connectivity index (χ1v) is 12.8. The molecule has 0 bridgehead atoms. The van der Waals surface area contributed by atoms with Gasteiger partial charge in [0.15, 0.2) is 0 Å². The summed E-state index contributed by atoms with van der Waals surface area (Å²) in [5, 5.41) is 10.2. The number of amides is 2. The first kappa shape index (κ1) is 35.9. The molecule has 6 heteroatoms. The Morgan fingerprint density at radius 3 is 2.00 bits per heavy atom. The molecule has 0 saturated heterocycles. The Morgan fingerprint density at radius 2 is 1.54 bits per heavy atom. The van der Waals surface area contributed by atoms with Crippen LogP contribution in [0.5, 0.6) is 5.75 Å². The van der Waals surface area contributed by atoms with Crippen LogP contribution in [-0.2, 0) is 16.0 Å². The van der Waals surface area contributed by atoms with E-state index in [1.165, 1.54) is 0 Å². The summed E-state index contributed by atoms with van der Waals surface area (Å²) in [5.41, 5.74) is 3.11. The lowest BCUT2D eigenvalue weighted by Crippen LogP contribution is -2.30. The van der Waals surface area contributed by atoms with Crippen LogP contribution in [0.3, 0.4) is 0 Å². The van der Waals surface area contributed by atoms with E-state index >= 15 is 0 Å². The van der Waals surface area contributed by atoms with E-state index in [1.54, 1.807) is 34.1 Å². The van der Waals surface area contributed by atoms with Gasteiger partial charge in [0.1, 0.15) is 11.5 Å². The van der Waals surface area contributed by atoms with Gasteiger partial charge in [0, 0.05) is 37.8 Å². The highest BCUT2D eigenvalue weighted by Crippen LogP contribution is 2.27. The number of phenols is 1. The fraction of sp³-hybridized carbons (Fsp3) is 0.484. The van der Waals surface area contributed by atoms with Crippen LogP contribution in [0, 0.1) is 6.92 Å². The maximum absolute atomic E-state index is 12.2. The summed E-state index contributed by atoms with van der Waals surface area (Å²) in [6.45, 7) is 24.3. The fourth-order valence-electron chi connectivity index (χ4n) is 3.37. The summed E-state index contributed by atoms with van der Waals surface area (Å²) < 4.78 is 5.56. The molecule has 0 aliphatic rings. The third-order valence-electron chi connectivity index (χ3n) is 5.65. The second-order valence-electron chi connectivity index (χ2n) is 8.23. The highest BCUT2D eigenvalue weighted by Gasteiger charge is 2.19. The third kappa shape index (κ3) is 12.0. The van der Waals surface area contributed by atoms with Crippen LogP contribution in [0.4, 0.5) is 0 Å². The Kier molecular flexibility index (Phi) is 19.3. The normalized spacial score (nSPS) is 10.9. The second-order valence-corrected chi connectivity index (χ2v) is 8.23. The number of carbonyl (C=O) groups is 2. The Hall–Kier alpha value is -3.28. The lowest BCUT2D eigenvalue weighted by molar-refractivity contribution is -0.125. The largest absolute Gasteiger partial charge is 0.507 e. The zero-order valence-electron chi connectivity index (χ0n) is 23.4. The number of benzene rings is 1. The van der Waals surface area contributed by atoms with E-state index in [0.29, 0.717) is 50.5 Å². The van der Waals surface area contributed by atoms with Gasteiger partial charge in [-0.3, -0.25) is 9.59 Å². The van der Waals surface area contributed by atoms with Crippen molar-refractivity contribution in [2.24, 2.45) is 0 Å². The summed E-state index contributed by atoms with van der Waals surface area (Å²) in [4.78, 5) is 27.7. The number of phenolic OH excluding ortho intramolecular Hbond substituents is 1. The highest BCUT2D eigenvalue weighted by molar-refractivity contribution is 5.97. The van der Waals surface area contributed by atoms with E-state index in [9.17, 15) is 14.7 Å². The zero-order chi connectivity index (χ0) is 27.7. The van der Waals surface area contributed by atoms with E-state index in [1.807, 2.05) is 60.6 Å². The Balaban J connectivity index is 0. The molecule has 0 saturated carbocycles. The molecule has 0 spiro atoms. The summed E-state index contributed by atoms with van der Waals surface area (Å²) in [7, 11) is 0. The van der Waals surface area contributed by atoms with Crippen molar-refractivity contribution in [1.29, 1.82) is 0 Å². The minimum Gasteiger partial charge on any atom is -0.507 e. The number of rotatable bonds is 13. The van der Waals surface area contributed by atoms with Crippen LogP contribution < -0.4 is 0 Å². The molecule has 0 atom stereocenters. The van der Waals surface area contributed by atoms with Gasteiger partial charge in [-0.05, 0) is 77.7 Å². The number of hydrogen-bond acceptors (Lipinski definition) is 4. The van der Waals surface area contributed by atoms with Crippen molar-refractivity contribution in [1.82, 2.24) is 9.80 Å². The van der Waals surface area contributed by atoms with Gasteiger partial charge in [-0.2, -0.15) is 0 Å². The van der Waals surface area contributed by atoms with Crippen molar-refractivity contribution in [3.63, 3.8) is 0 Å². The lowest BCUT2D eigenvalue weighted by atomic mass is 9.99. The van der Waals surface area contributed by atoms with Gasteiger partial charge in [-0.25, -0.2) is 0 Å². The fourth-order valence-corrected chi connectivity index (χ4v) is 3.37. The molecule has 1 rings (SSSR count). The Labute approximate surface area is 226 Å². The average molecular weight is 515 g/mol. The number of likely N-dealkylation sites (N-methyl/N-ethyl adjacent to an activating group) is 1. The van der Waals surface area contributed by atoms with E-state index in [2.05, 4.69) is 13.2 Å². The van der Waals surface area contributed by atoms with Crippen molar-refractivity contribution < 1.29 is 19.4 Å². The first-order chi connectivity index (χ1) is 17.1. The van der Waals surface area contributed by atoms with Gasteiger partial charge in [0.05, 0.1) is 12.2 Å². The summed E-state index contributed by atoms with van der Waals surface area (Å²) in [5.74, 6) is 0.556. The summed E-state index contributed by atoms with van der Waals surface area (Å²) in [6, 6.07) is 3.56. The molecule has 1 aromatic rings. The van der Waals surface area contributed by atoms with Crippen LogP contribution in [0.2, 0.25) is 0 Å². The molecule has 0 radical (unpaired) electrons. The van der Waals surface area contributed by atoms with Crippen LogP contribution in [0.15, 0.2) is 60.9 Å². The standard InChI is InChI=1S/C15H21NO2.C15H25NO2.CH4/c1-5-8-12-11(4)9-10-13(14(12)17)15(18)16(6-2)7-3;1-6-10-18-14(11-13(5)7-2)12-15(17)16(8-3)9-4;/h5,9-10,17H,1,6-8H2,2-4H3;7,11-12H,2,6,8-10H2,1,3-5H3;1H4/b;13-11-,14-12-;. The van der Waals surface area contributed by atoms with Crippen LogP contribution >= 0.6 is 0 Å². The van der Waals surface area contributed by atoms with Gasteiger partial charge in [0.25, 0.3) is 5.91 Å². The maximum Gasteiger partial charge on any atom is 0.257 e. The van der Waals surface area contributed by atoms with Crippen LogP contribution in [-0.4, -0.2) is 59.5 Å². The number of allylic oxidation sites excluding steroid dienone is 4. The Bertz CT molecular complexity index is 923. The number of ether oxygens (including phenoxy) is 1. The van der Waals surface area contributed by atoms with E-state index in [4.69, 9.17) is 4.74 Å². The number of aryl methyl sites for hydroxylation is 1. The SMILES string of the molecule is C.C=C/C(C)=C\C(=C\C(=O)N(CC)CC)OCCC.C=CCc1c(C)ccc(C(=O)N(CC)CC)c1O. The molecule has 1 N–H and O–H groups in total. The third-order valence-corrected chi connectivity index (χ3v) is 5.65. The van der Waals surface area contributed by atoms with Gasteiger partial charge < -0.3 is 19.6 Å². The molecule has 37 heavy (non-hydrogen) atoms. The van der Waals surface area contributed by atoms with Crippen molar-refractivity contribution in [2.75, 3.05) is 32.8 Å². The summed E-state index contributed by atoms with van der Waals surface area (Å²) in [6.07, 6.45) is 8.34. The van der Waals surface area contributed by atoms with Crippen LogP contribution in [0.25, 0.3) is 0 Å². The van der Waals surface area contributed by atoms with Gasteiger partial charge >= 0.3 is 0 Å². The van der Waals surface area contributed by atoms with E-state index < -0.39 is 0 Å². The van der Waals surface area contributed by atoms with Gasteiger partial charge in [-0.15, -0.1) is 6.58 Å². The predicted molar refractivity (Wildman–Crippen MR) is 157 cm³/mol. The number of carbonyl (C=O) groups excluding carboxylic acids is 2. The maximum atomic E-state index is 12.2. The number of aromatic hydroxyl groups is 1. The minimum atomic E-state index is -0.122. The van der Waals surface area contributed by atoms with Gasteiger partial charge in [-0.1, -0.05) is 39.1 Å².